The zero-order valence-corrected chi connectivity index (χ0v) is 12.6. The maximum atomic E-state index is 11.9. The molecule has 1 N–H and O–H groups in total. The first-order valence-electron chi connectivity index (χ1n) is 6.03. The third-order valence-corrected chi connectivity index (χ3v) is 2.89. The summed E-state index contributed by atoms with van der Waals surface area (Å²) in [6.07, 6.45) is 0. The fourth-order valence-corrected chi connectivity index (χ4v) is 1.44. The summed E-state index contributed by atoms with van der Waals surface area (Å²) in [5.74, 6) is -1.13. The van der Waals surface area contributed by atoms with Crippen LogP contribution >= 0.6 is 0 Å². The van der Waals surface area contributed by atoms with Crippen LogP contribution in [0.15, 0.2) is 12.1 Å². The highest BCUT2D eigenvalue weighted by molar-refractivity contribution is 5.99. The first-order chi connectivity index (χ1) is 9.77. The number of hydrogen-bond donors (Lipinski definition) is 1. The third kappa shape index (κ3) is 3.36. The number of methoxy groups -OCH3 is 3. The molecule has 0 aromatic heterocycles. The van der Waals surface area contributed by atoms with Crippen LogP contribution in [0, 0.1) is 5.41 Å². The number of aliphatic carboxylic acids is 1. The molecule has 0 aliphatic rings. The van der Waals surface area contributed by atoms with Gasteiger partial charge in [-0.15, -0.1) is 0 Å². The zero-order chi connectivity index (χ0) is 16.2. The number of ether oxygens (including phenoxy) is 4. The van der Waals surface area contributed by atoms with Crippen molar-refractivity contribution in [1.82, 2.24) is 0 Å². The summed E-state index contributed by atoms with van der Waals surface area (Å²) in [5.41, 5.74) is -1.67. The fourth-order valence-electron chi connectivity index (χ4n) is 1.44. The zero-order valence-electron chi connectivity index (χ0n) is 12.6. The Bertz CT molecular complexity index is 523. The Hall–Kier alpha value is -2.44. The second-order valence-corrected chi connectivity index (χ2v) is 4.68. The van der Waals surface area contributed by atoms with Gasteiger partial charge < -0.3 is 24.1 Å². The number of benzene rings is 1. The molecule has 0 spiro atoms. The molecular formula is C14H18O7. The molecule has 7 nitrogen and oxygen atoms in total. The largest absolute Gasteiger partial charge is 0.493 e. The minimum Gasteiger partial charge on any atom is -0.493 e. The van der Waals surface area contributed by atoms with E-state index in [4.69, 9.17) is 24.1 Å². The molecule has 0 saturated carbocycles. The molecule has 0 heterocycles. The van der Waals surface area contributed by atoms with E-state index >= 15 is 0 Å². The SMILES string of the molecule is COc1cc(OC(=O)C(C)(C)C(=O)O)cc(OC)c1OC. The molecule has 0 bridgehead atoms. The minimum atomic E-state index is -1.67. The minimum absolute atomic E-state index is 0.101. The van der Waals surface area contributed by atoms with Crippen LogP contribution in [-0.4, -0.2) is 38.4 Å². The van der Waals surface area contributed by atoms with Gasteiger partial charge in [0, 0.05) is 12.1 Å². The Labute approximate surface area is 122 Å². The molecule has 0 atom stereocenters. The molecule has 0 amide bonds. The topological polar surface area (TPSA) is 91.3 Å². The van der Waals surface area contributed by atoms with Gasteiger partial charge in [-0.05, 0) is 13.8 Å². The number of esters is 1. The highest BCUT2D eigenvalue weighted by atomic mass is 16.5. The summed E-state index contributed by atoms with van der Waals surface area (Å²) in [6, 6.07) is 2.83. The van der Waals surface area contributed by atoms with Gasteiger partial charge in [-0.1, -0.05) is 0 Å². The maximum Gasteiger partial charge on any atom is 0.328 e. The van der Waals surface area contributed by atoms with E-state index in [9.17, 15) is 9.59 Å². The van der Waals surface area contributed by atoms with Crippen molar-refractivity contribution in [2.45, 2.75) is 13.8 Å². The molecule has 1 aromatic rings. The smallest absolute Gasteiger partial charge is 0.328 e. The number of carbonyl (C=O) groups is 2. The van der Waals surface area contributed by atoms with E-state index in [0.717, 1.165) is 0 Å². The van der Waals surface area contributed by atoms with Crippen molar-refractivity contribution in [3.63, 3.8) is 0 Å². The van der Waals surface area contributed by atoms with Crippen LogP contribution < -0.4 is 18.9 Å². The van der Waals surface area contributed by atoms with Gasteiger partial charge in [0.2, 0.25) is 5.75 Å². The lowest BCUT2D eigenvalue weighted by atomic mass is 9.94. The van der Waals surface area contributed by atoms with Gasteiger partial charge in [0.15, 0.2) is 16.9 Å². The Morgan fingerprint density at radius 2 is 1.48 bits per heavy atom. The molecule has 0 unspecified atom stereocenters. The monoisotopic (exact) mass is 298 g/mol. The average molecular weight is 298 g/mol. The van der Waals surface area contributed by atoms with Gasteiger partial charge in [0.1, 0.15) is 5.75 Å². The van der Waals surface area contributed by atoms with Crippen molar-refractivity contribution in [2.75, 3.05) is 21.3 Å². The Morgan fingerprint density at radius 1 is 1.00 bits per heavy atom. The van der Waals surface area contributed by atoms with Crippen LogP contribution in [0.25, 0.3) is 0 Å². The van der Waals surface area contributed by atoms with Gasteiger partial charge >= 0.3 is 11.9 Å². The third-order valence-electron chi connectivity index (χ3n) is 2.89. The lowest BCUT2D eigenvalue weighted by Crippen LogP contribution is -2.36. The normalized spacial score (nSPS) is 10.7. The van der Waals surface area contributed by atoms with E-state index in [1.807, 2.05) is 0 Å². The fraction of sp³-hybridized carbons (Fsp3) is 0.429. The van der Waals surface area contributed by atoms with E-state index in [1.165, 1.54) is 47.3 Å². The van der Waals surface area contributed by atoms with Crippen molar-refractivity contribution < 1.29 is 33.6 Å². The summed E-state index contributed by atoms with van der Waals surface area (Å²) in [7, 11) is 4.29. The Morgan fingerprint density at radius 3 is 1.81 bits per heavy atom. The molecule has 21 heavy (non-hydrogen) atoms. The van der Waals surface area contributed by atoms with Crippen LogP contribution in [0.2, 0.25) is 0 Å². The number of carboxylic acids is 1. The van der Waals surface area contributed by atoms with Gasteiger partial charge in [-0.2, -0.15) is 0 Å². The summed E-state index contributed by atoms with van der Waals surface area (Å²) in [6.45, 7) is 2.52. The quantitative estimate of drug-likeness (QED) is 0.485. The summed E-state index contributed by atoms with van der Waals surface area (Å²) in [4.78, 5) is 22.9. The first-order valence-corrected chi connectivity index (χ1v) is 6.03. The molecule has 1 aromatic carbocycles. The van der Waals surface area contributed by atoms with Crippen LogP contribution in [0.4, 0.5) is 0 Å². The van der Waals surface area contributed by atoms with Crippen molar-refractivity contribution in [2.24, 2.45) is 5.41 Å². The molecule has 0 aliphatic carbocycles. The van der Waals surface area contributed by atoms with Crippen LogP contribution in [0.5, 0.6) is 23.0 Å². The first kappa shape index (κ1) is 16.6. The Balaban J connectivity index is 3.15. The van der Waals surface area contributed by atoms with Gasteiger partial charge in [0.25, 0.3) is 0 Å². The molecular weight excluding hydrogens is 280 g/mol. The molecule has 0 aliphatic heterocycles. The van der Waals surface area contributed by atoms with E-state index in [1.54, 1.807) is 0 Å². The van der Waals surface area contributed by atoms with E-state index < -0.39 is 17.4 Å². The van der Waals surface area contributed by atoms with E-state index in [2.05, 4.69) is 0 Å². The number of carboxylic acid groups (broad SMARTS) is 1. The lowest BCUT2D eigenvalue weighted by Gasteiger charge is -2.18. The van der Waals surface area contributed by atoms with Crippen molar-refractivity contribution in [1.29, 1.82) is 0 Å². The predicted molar refractivity (Wildman–Crippen MR) is 73.1 cm³/mol. The molecule has 0 saturated heterocycles. The molecule has 0 radical (unpaired) electrons. The van der Waals surface area contributed by atoms with Gasteiger partial charge in [0.05, 0.1) is 21.3 Å². The highest BCUT2D eigenvalue weighted by Gasteiger charge is 2.38. The maximum absolute atomic E-state index is 11.9. The van der Waals surface area contributed by atoms with Crippen molar-refractivity contribution in [3.05, 3.63) is 12.1 Å². The molecule has 7 heteroatoms. The predicted octanol–water partition coefficient (Wildman–Crippen LogP) is 1.73. The van der Waals surface area contributed by atoms with Gasteiger partial charge in [-0.3, -0.25) is 9.59 Å². The van der Waals surface area contributed by atoms with E-state index in [0.29, 0.717) is 17.2 Å². The second-order valence-electron chi connectivity index (χ2n) is 4.68. The van der Waals surface area contributed by atoms with E-state index in [-0.39, 0.29) is 5.75 Å². The lowest BCUT2D eigenvalue weighted by molar-refractivity contribution is -0.160. The summed E-state index contributed by atoms with van der Waals surface area (Å²) in [5, 5.41) is 9.00. The number of hydrogen-bond acceptors (Lipinski definition) is 6. The molecule has 1 rings (SSSR count). The number of rotatable bonds is 6. The molecule has 0 fully saturated rings. The summed E-state index contributed by atoms with van der Waals surface area (Å²) >= 11 is 0. The van der Waals surface area contributed by atoms with Crippen molar-refractivity contribution in [3.8, 4) is 23.0 Å². The Kier molecular flexibility index (Phi) is 5.02. The summed E-state index contributed by atoms with van der Waals surface area (Å²) < 4.78 is 20.5. The number of carbonyl (C=O) groups excluding carboxylic acids is 1. The van der Waals surface area contributed by atoms with Crippen LogP contribution in [0.1, 0.15) is 13.8 Å². The van der Waals surface area contributed by atoms with Crippen LogP contribution in [0.3, 0.4) is 0 Å². The molecule has 116 valence electrons. The second kappa shape index (κ2) is 6.34. The highest BCUT2D eigenvalue weighted by Crippen LogP contribution is 2.41. The van der Waals surface area contributed by atoms with Gasteiger partial charge in [-0.25, -0.2) is 0 Å². The standard InChI is InChI=1S/C14H18O7/c1-14(2,12(15)16)13(17)21-8-6-9(18-3)11(20-5)10(7-8)19-4/h6-7H,1-5H3,(H,15,16). The average Bonchev–Trinajstić information content (AvgIpc) is 2.45. The van der Waals surface area contributed by atoms with Crippen LogP contribution in [-0.2, 0) is 9.59 Å². The van der Waals surface area contributed by atoms with Crippen molar-refractivity contribution >= 4 is 11.9 Å².